The van der Waals surface area contributed by atoms with E-state index >= 15 is 0 Å². The van der Waals surface area contributed by atoms with Gasteiger partial charge in [-0.15, -0.1) is 0 Å². The molecule has 0 fully saturated rings. The molecular formula is C19H23BrN2O4S. The maximum absolute atomic E-state index is 12.2. The number of nitrogens with zero attached hydrogens (tertiary/aromatic N) is 1. The first-order chi connectivity index (χ1) is 12.8. The molecule has 0 heterocycles. The number of methoxy groups -OCH3 is 1. The Kier molecular flexibility index (Phi) is 7.67. The highest BCUT2D eigenvalue weighted by Crippen LogP contribution is 2.21. The summed E-state index contributed by atoms with van der Waals surface area (Å²) >= 11 is 3.31. The van der Waals surface area contributed by atoms with Gasteiger partial charge in [0.15, 0.2) is 0 Å². The Hall–Kier alpha value is -2.06. The Morgan fingerprint density at radius 1 is 1.15 bits per heavy atom. The molecule has 2 aromatic carbocycles. The number of carbonyl (C=O) groups excluding carboxylic acids is 1. The molecule has 1 amide bonds. The summed E-state index contributed by atoms with van der Waals surface area (Å²) in [5.41, 5.74) is 1.52. The van der Waals surface area contributed by atoms with Crippen LogP contribution in [0.15, 0.2) is 53.0 Å². The number of para-hydroxylation sites is 1. The average molecular weight is 455 g/mol. The number of nitrogens with one attached hydrogen (secondary N) is 1. The minimum absolute atomic E-state index is 0.255. The van der Waals surface area contributed by atoms with Crippen LogP contribution in [0.4, 0.5) is 5.69 Å². The third-order valence-corrected chi connectivity index (χ3v) is 5.61. The first kappa shape index (κ1) is 21.2. The van der Waals surface area contributed by atoms with E-state index in [1.54, 1.807) is 31.4 Å². The Bertz CT molecular complexity index is 870. The molecule has 2 aromatic rings. The van der Waals surface area contributed by atoms with Gasteiger partial charge in [0.2, 0.25) is 15.9 Å². The minimum Gasteiger partial charge on any atom is -0.496 e. The maximum Gasteiger partial charge on any atom is 0.240 e. The van der Waals surface area contributed by atoms with Crippen molar-refractivity contribution >= 4 is 37.5 Å². The van der Waals surface area contributed by atoms with Crippen LogP contribution in [0.1, 0.15) is 12.0 Å². The summed E-state index contributed by atoms with van der Waals surface area (Å²) in [6.07, 6.45) is 2.57. The first-order valence-corrected chi connectivity index (χ1v) is 11.1. The molecule has 6 nitrogen and oxygen atoms in total. The van der Waals surface area contributed by atoms with Crippen molar-refractivity contribution in [3.63, 3.8) is 0 Å². The lowest BCUT2D eigenvalue weighted by atomic mass is 10.1. The van der Waals surface area contributed by atoms with Gasteiger partial charge in [-0.3, -0.25) is 9.10 Å². The van der Waals surface area contributed by atoms with Crippen molar-refractivity contribution in [3.8, 4) is 5.75 Å². The summed E-state index contributed by atoms with van der Waals surface area (Å²) in [4.78, 5) is 12.2. The second-order valence-electron chi connectivity index (χ2n) is 6.01. The van der Waals surface area contributed by atoms with Crippen LogP contribution >= 0.6 is 15.9 Å². The second-order valence-corrected chi connectivity index (χ2v) is 8.83. The molecule has 0 aromatic heterocycles. The van der Waals surface area contributed by atoms with E-state index in [2.05, 4.69) is 21.2 Å². The minimum atomic E-state index is -3.57. The lowest BCUT2D eigenvalue weighted by Crippen LogP contribution is -2.40. The van der Waals surface area contributed by atoms with Gasteiger partial charge in [-0.25, -0.2) is 8.42 Å². The highest BCUT2D eigenvalue weighted by atomic mass is 79.9. The van der Waals surface area contributed by atoms with Gasteiger partial charge in [0, 0.05) is 11.0 Å². The zero-order valence-corrected chi connectivity index (χ0v) is 17.7. The van der Waals surface area contributed by atoms with E-state index in [0.717, 1.165) is 39.2 Å². The Morgan fingerprint density at radius 2 is 1.81 bits per heavy atom. The Balaban J connectivity index is 1.90. The number of rotatable bonds is 9. The van der Waals surface area contributed by atoms with E-state index in [4.69, 9.17) is 4.74 Å². The number of hydrogen-bond acceptors (Lipinski definition) is 4. The zero-order valence-electron chi connectivity index (χ0n) is 15.3. The fraction of sp³-hybridized carbons (Fsp3) is 0.316. The van der Waals surface area contributed by atoms with Gasteiger partial charge in [0.25, 0.3) is 0 Å². The van der Waals surface area contributed by atoms with Crippen molar-refractivity contribution in [1.82, 2.24) is 5.32 Å². The number of ether oxygens (including phenoxy) is 1. The SMILES string of the molecule is COc1ccccc1CCCNC(=O)CN(c1ccc(Br)cc1)S(C)(=O)=O. The van der Waals surface area contributed by atoms with Crippen LogP contribution in [0.3, 0.4) is 0 Å². The van der Waals surface area contributed by atoms with Crippen LogP contribution in [0.25, 0.3) is 0 Å². The molecule has 0 unspecified atom stereocenters. The van der Waals surface area contributed by atoms with Crippen molar-refractivity contribution in [2.45, 2.75) is 12.8 Å². The molecule has 0 aliphatic heterocycles. The summed E-state index contributed by atoms with van der Waals surface area (Å²) in [5, 5.41) is 2.78. The largest absolute Gasteiger partial charge is 0.496 e. The van der Waals surface area contributed by atoms with E-state index < -0.39 is 10.0 Å². The second kappa shape index (κ2) is 9.75. The number of sulfonamides is 1. The molecule has 27 heavy (non-hydrogen) atoms. The van der Waals surface area contributed by atoms with Gasteiger partial charge in [-0.2, -0.15) is 0 Å². The van der Waals surface area contributed by atoms with Crippen LogP contribution in [-0.4, -0.2) is 40.8 Å². The molecule has 0 aliphatic carbocycles. The fourth-order valence-electron chi connectivity index (χ4n) is 2.61. The molecule has 0 atom stereocenters. The molecule has 2 rings (SSSR count). The normalized spacial score (nSPS) is 11.1. The third-order valence-electron chi connectivity index (χ3n) is 3.94. The van der Waals surface area contributed by atoms with E-state index in [1.807, 2.05) is 24.3 Å². The number of halogens is 1. The summed E-state index contributed by atoms with van der Waals surface area (Å²) in [5.74, 6) is 0.477. The molecular weight excluding hydrogens is 432 g/mol. The molecule has 1 N–H and O–H groups in total. The summed E-state index contributed by atoms with van der Waals surface area (Å²) in [6.45, 7) is 0.198. The van der Waals surface area contributed by atoms with E-state index in [9.17, 15) is 13.2 Å². The number of anilines is 1. The standard InChI is InChI=1S/C19H23BrN2O4S/c1-26-18-8-4-3-6-15(18)7-5-13-21-19(23)14-22(27(2,24)25)17-11-9-16(20)10-12-17/h3-4,6,8-12H,5,7,13-14H2,1-2H3,(H,21,23). The molecule has 0 saturated heterocycles. The van der Waals surface area contributed by atoms with Crippen molar-refractivity contribution in [2.24, 2.45) is 0 Å². The lowest BCUT2D eigenvalue weighted by molar-refractivity contribution is -0.119. The molecule has 8 heteroatoms. The number of aryl methyl sites for hydroxylation is 1. The van der Waals surface area contributed by atoms with Gasteiger partial charge >= 0.3 is 0 Å². The Labute approximate surface area is 168 Å². The molecule has 0 bridgehead atoms. The van der Waals surface area contributed by atoms with Crippen molar-refractivity contribution < 1.29 is 17.9 Å². The van der Waals surface area contributed by atoms with E-state index in [1.165, 1.54) is 0 Å². The van der Waals surface area contributed by atoms with Crippen molar-refractivity contribution in [2.75, 3.05) is 30.8 Å². The number of hydrogen-bond donors (Lipinski definition) is 1. The topological polar surface area (TPSA) is 75.7 Å². The maximum atomic E-state index is 12.2. The summed E-state index contributed by atoms with van der Waals surface area (Å²) in [6, 6.07) is 14.5. The summed E-state index contributed by atoms with van der Waals surface area (Å²) in [7, 11) is -1.94. The highest BCUT2D eigenvalue weighted by Gasteiger charge is 2.20. The molecule has 0 aliphatic rings. The molecule has 0 spiro atoms. The predicted octanol–water partition coefficient (Wildman–Crippen LogP) is 2.97. The van der Waals surface area contributed by atoms with Crippen LogP contribution < -0.4 is 14.4 Å². The van der Waals surface area contributed by atoms with Gasteiger partial charge < -0.3 is 10.1 Å². The smallest absolute Gasteiger partial charge is 0.240 e. The van der Waals surface area contributed by atoms with Gasteiger partial charge in [0.05, 0.1) is 19.1 Å². The third kappa shape index (κ3) is 6.55. The lowest BCUT2D eigenvalue weighted by Gasteiger charge is -2.22. The van der Waals surface area contributed by atoms with E-state index in [-0.39, 0.29) is 12.5 Å². The number of carbonyl (C=O) groups is 1. The summed E-state index contributed by atoms with van der Waals surface area (Å²) < 4.78 is 31.3. The van der Waals surface area contributed by atoms with E-state index in [0.29, 0.717) is 12.2 Å². The average Bonchev–Trinajstić information content (AvgIpc) is 2.63. The van der Waals surface area contributed by atoms with Gasteiger partial charge in [0.1, 0.15) is 12.3 Å². The fourth-order valence-corrected chi connectivity index (χ4v) is 3.73. The zero-order chi connectivity index (χ0) is 19.9. The van der Waals surface area contributed by atoms with Crippen LogP contribution in [0.2, 0.25) is 0 Å². The predicted molar refractivity (Wildman–Crippen MR) is 111 cm³/mol. The van der Waals surface area contributed by atoms with Crippen LogP contribution in [0, 0.1) is 0 Å². The van der Waals surface area contributed by atoms with Crippen LogP contribution in [-0.2, 0) is 21.2 Å². The molecule has 0 saturated carbocycles. The van der Waals surface area contributed by atoms with Crippen LogP contribution in [0.5, 0.6) is 5.75 Å². The monoisotopic (exact) mass is 454 g/mol. The quantitative estimate of drug-likeness (QED) is 0.590. The number of benzene rings is 2. The van der Waals surface area contributed by atoms with Crippen molar-refractivity contribution in [1.29, 1.82) is 0 Å². The Morgan fingerprint density at radius 3 is 2.44 bits per heavy atom. The highest BCUT2D eigenvalue weighted by molar-refractivity contribution is 9.10. The molecule has 0 radical (unpaired) electrons. The van der Waals surface area contributed by atoms with Crippen molar-refractivity contribution in [3.05, 3.63) is 58.6 Å². The molecule has 146 valence electrons. The first-order valence-electron chi connectivity index (χ1n) is 8.43. The van der Waals surface area contributed by atoms with Gasteiger partial charge in [-0.05, 0) is 48.7 Å². The van der Waals surface area contributed by atoms with Gasteiger partial charge in [-0.1, -0.05) is 34.1 Å². The number of amides is 1.